The Kier molecular flexibility index (Phi) is 4.42. The second-order valence-electron chi connectivity index (χ2n) is 5.53. The highest BCUT2D eigenvalue weighted by molar-refractivity contribution is 6.30. The molecule has 0 amide bonds. The van der Waals surface area contributed by atoms with Gasteiger partial charge in [-0.05, 0) is 55.5 Å². The van der Waals surface area contributed by atoms with Crippen molar-refractivity contribution in [1.82, 2.24) is 10.3 Å². The van der Waals surface area contributed by atoms with E-state index in [2.05, 4.69) is 22.4 Å². The zero-order valence-corrected chi connectivity index (χ0v) is 12.6. The Morgan fingerprint density at radius 2 is 2.00 bits per heavy atom. The van der Waals surface area contributed by atoms with Crippen LogP contribution in [0.25, 0.3) is 0 Å². The molecule has 1 aromatic heterocycles. The molecule has 1 atom stereocenters. The quantitative estimate of drug-likeness (QED) is 0.910. The molecule has 0 saturated carbocycles. The predicted octanol–water partition coefficient (Wildman–Crippen LogP) is 3.24. The molecule has 0 radical (unpaired) electrons. The van der Waals surface area contributed by atoms with Gasteiger partial charge in [0.1, 0.15) is 0 Å². The molecule has 0 fully saturated rings. The number of hydrogen-bond donors (Lipinski definition) is 2. The maximum Gasteiger partial charge on any atom is 0.248 e. The molecular formula is C17H19ClN2O. The Morgan fingerprint density at radius 1 is 1.19 bits per heavy atom. The van der Waals surface area contributed by atoms with Crippen LogP contribution < -0.4 is 10.9 Å². The smallest absolute Gasteiger partial charge is 0.248 e. The number of fused-ring (bicyclic) bond motifs is 1. The summed E-state index contributed by atoms with van der Waals surface area (Å²) >= 11 is 5.89. The van der Waals surface area contributed by atoms with Crippen molar-refractivity contribution in [1.29, 1.82) is 0 Å². The van der Waals surface area contributed by atoms with Crippen molar-refractivity contribution in [3.63, 3.8) is 0 Å². The number of aryl methyl sites for hydroxylation is 1. The number of H-pyrrole nitrogens is 1. The third-order valence-electron chi connectivity index (χ3n) is 4.05. The fourth-order valence-electron chi connectivity index (χ4n) is 2.95. The van der Waals surface area contributed by atoms with Gasteiger partial charge in [0.05, 0.1) is 0 Å². The lowest BCUT2D eigenvalue weighted by Crippen LogP contribution is -2.28. The molecule has 1 heterocycles. The van der Waals surface area contributed by atoms with E-state index in [1.807, 2.05) is 18.2 Å². The number of benzene rings is 1. The van der Waals surface area contributed by atoms with Crippen LogP contribution in [0.5, 0.6) is 0 Å². The number of halogens is 1. The number of hydrogen-bond acceptors (Lipinski definition) is 2. The molecule has 2 aromatic rings. The van der Waals surface area contributed by atoms with Crippen LogP contribution in [0.15, 0.2) is 41.2 Å². The number of nitrogens with one attached hydrogen (secondary N) is 2. The van der Waals surface area contributed by atoms with Crippen molar-refractivity contribution < 1.29 is 0 Å². The van der Waals surface area contributed by atoms with Crippen molar-refractivity contribution in [3.05, 3.63) is 68.6 Å². The SMILES string of the molecule is O=c1ccc2c([nH]1)CCCC2NCCc1ccc(Cl)cc1. The Balaban J connectivity index is 1.62. The lowest BCUT2D eigenvalue weighted by Gasteiger charge is -2.26. The molecule has 21 heavy (non-hydrogen) atoms. The minimum absolute atomic E-state index is 0.00411. The van der Waals surface area contributed by atoms with Crippen LogP contribution in [0.4, 0.5) is 0 Å². The largest absolute Gasteiger partial charge is 0.326 e. The van der Waals surface area contributed by atoms with E-state index in [0.29, 0.717) is 6.04 Å². The highest BCUT2D eigenvalue weighted by Crippen LogP contribution is 2.27. The molecular weight excluding hydrogens is 284 g/mol. The Hall–Kier alpha value is -1.58. The van der Waals surface area contributed by atoms with E-state index >= 15 is 0 Å². The van der Waals surface area contributed by atoms with E-state index in [4.69, 9.17) is 11.6 Å². The van der Waals surface area contributed by atoms with E-state index in [-0.39, 0.29) is 5.56 Å². The summed E-state index contributed by atoms with van der Waals surface area (Å²) in [6.07, 6.45) is 4.19. The average Bonchev–Trinajstić information content (AvgIpc) is 2.49. The van der Waals surface area contributed by atoms with Crippen molar-refractivity contribution in [2.45, 2.75) is 31.7 Å². The van der Waals surface area contributed by atoms with Crippen LogP contribution in [-0.4, -0.2) is 11.5 Å². The molecule has 3 rings (SSSR count). The number of aromatic nitrogens is 1. The van der Waals surface area contributed by atoms with Crippen LogP contribution in [0.2, 0.25) is 5.02 Å². The lowest BCUT2D eigenvalue weighted by atomic mass is 9.91. The Bertz CT molecular complexity index is 663. The summed E-state index contributed by atoms with van der Waals surface area (Å²) in [6, 6.07) is 11.9. The minimum atomic E-state index is -0.00411. The highest BCUT2D eigenvalue weighted by atomic mass is 35.5. The molecule has 0 bridgehead atoms. The summed E-state index contributed by atoms with van der Waals surface area (Å²) in [5, 5.41) is 4.38. The fourth-order valence-corrected chi connectivity index (χ4v) is 3.08. The van der Waals surface area contributed by atoms with Gasteiger partial charge in [-0.15, -0.1) is 0 Å². The van der Waals surface area contributed by atoms with Gasteiger partial charge in [-0.1, -0.05) is 29.8 Å². The van der Waals surface area contributed by atoms with E-state index in [1.165, 1.54) is 11.1 Å². The molecule has 1 aliphatic rings. The highest BCUT2D eigenvalue weighted by Gasteiger charge is 2.19. The molecule has 1 aromatic carbocycles. The zero-order chi connectivity index (χ0) is 14.7. The molecule has 0 aliphatic heterocycles. The summed E-state index contributed by atoms with van der Waals surface area (Å²) < 4.78 is 0. The maximum absolute atomic E-state index is 11.4. The van der Waals surface area contributed by atoms with E-state index in [0.717, 1.165) is 42.9 Å². The number of aromatic amines is 1. The van der Waals surface area contributed by atoms with Crippen LogP contribution in [0.3, 0.4) is 0 Å². The second kappa shape index (κ2) is 6.46. The van der Waals surface area contributed by atoms with Crippen LogP contribution in [0.1, 0.15) is 35.7 Å². The van der Waals surface area contributed by atoms with Gasteiger partial charge in [0.2, 0.25) is 5.56 Å². The Morgan fingerprint density at radius 3 is 2.81 bits per heavy atom. The maximum atomic E-state index is 11.4. The molecule has 0 saturated heterocycles. The first-order valence-electron chi connectivity index (χ1n) is 7.42. The van der Waals surface area contributed by atoms with Gasteiger partial charge in [0, 0.05) is 22.8 Å². The van der Waals surface area contributed by atoms with Crippen molar-refractivity contribution in [2.75, 3.05) is 6.54 Å². The summed E-state index contributed by atoms with van der Waals surface area (Å²) in [7, 11) is 0. The molecule has 1 aliphatic carbocycles. The molecule has 0 spiro atoms. The topological polar surface area (TPSA) is 44.9 Å². The van der Waals surface area contributed by atoms with Gasteiger partial charge in [-0.3, -0.25) is 4.79 Å². The van der Waals surface area contributed by atoms with E-state index in [9.17, 15) is 4.79 Å². The average molecular weight is 303 g/mol. The fraction of sp³-hybridized carbons (Fsp3) is 0.353. The van der Waals surface area contributed by atoms with Gasteiger partial charge in [0.25, 0.3) is 0 Å². The first kappa shape index (κ1) is 14.4. The lowest BCUT2D eigenvalue weighted by molar-refractivity contribution is 0.457. The normalized spacial score (nSPS) is 17.5. The summed E-state index contributed by atoms with van der Waals surface area (Å²) in [4.78, 5) is 14.3. The summed E-state index contributed by atoms with van der Waals surface area (Å²) in [6.45, 7) is 0.921. The third-order valence-corrected chi connectivity index (χ3v) is 4.30. The first-order chi connectivity index (χ1) is 10.2. The van der Waals surface area contributed by atoms with E-state index in [1.54, 1.807) is 6.07 Å². The standard InChI is InChI=1S/C17H19ClN2O/c18-13-6-4-12(5-7-13)10-11-19-15-2-1-3-16-14(15)8-9-17(21)20-16/h4-9,15,19H,1-3,10-11H2,(H,20,21). The summed E-state index contributed by atoms with van der Waals surface area (Å²) in [5.74, 6) is 0. The van der Waals surface area contributed by atoms with E-state index < -0.39 is 0 Å². The molecule has 3 nitrogen and oxygen atoms in total. The van der Waals surface area contributed by atoms with Gasteiger partial charge in [-0.25, -0.2) is 0 Å². The van der Waals surface area contributed by atoms with Gasteiger partial charge in [0.15, 0.2) is 0 Å². The second-order valence-corrected chi connectivity index (χ2v) is 5.97. The van der Waals surface area contributed by atoms with Crippen molar-refractivity contribution >= 4 is 11.6 Å². The molecule has 4 heteroatoms. The minimum Gasteiger partial charge on any atom is -0.326 e. The summed E-state index contributed by atoms with van der Waals surface area (Å²) in [5.41, 5.74) is 3.62. The van der Waals surface area contributed by atoms with Gasteiger partial charge < -0.3 is 10.3 Å². The van der Waals surface area contributed by atoms with Crippen LogP contribution >= 0.6 is 11.6 Å². The molecule has 110 valence electrons. The number of rotatable bonds is 4. The predicted molar refractivity (Wildman–Crippen MR) is 85.9 cm³/mol. The monoisotopic (exact) mass is 302 g/mol. The van der Waals surface area contributed by atoms with Crippen LogP contribution in [0, 0.1) is 0 Å². The molecule has 1 unspecified atom stereocenters. The number of pyridine rings is 1. The zero-order valence-electron chi connectivity index (χ0n) is 11.9. The van der Waals surface area contributed by atoms with Gasteiger partial charge >= 0.3 is 0 Å². The van der Waals surface area contributed by atoms with Gasteiger partial charge in [-0.2, -0.15) is 0 Å². The molecule has 2 N–H and O–H groups in total. The third kappa shape index (κ3) is 3.55. The first-order valence-corrected chi connectivity index (χ1v) is 7.80. The van der Waals surface area contributed by atoms with Crippen LogP contribution in [-0.2, 0) is 12.8 Å². The Labute approximate surface area is 129 Å². The van der Waals surface area contributed by atoms with Crippen molar-refractivity contribution in [3.8, 4) is 0 Å². The van der Waals surface area contributed by atoms with Crippen molar-refractivity contribution in [2.24, 2.45) is 0 Å².